The van der Waals surface area contributed by atoms with Gasteiger partial charge in [0.05, 0.1) is 6.10 Å². The first-order valence-electron chi connectivity index (χ1n) is 7.24. The summed E-state index contributed by atoms with van der Waals surface area (Å²) in [5.41, 5.74) is 1.84. The van der Waals surface area contributed by atoms with Gasteiger partial charge in [0.15, 0.2) is 0 Å². The molecule has 0 spiro atoms. The van der Waals surface area contributed by atoms with Crippen molar-refractivity contribution >= 4 is 0 Å². The number of hydrogen-bond acceptors (Lipinski definition) is 3. The second kappa shape index (κ2) is 6.40. The predicted octanol–water partition coefficient (Wildman–Crippen LogP) is 2.56. The maximum absolute atomic E-state index is 5.64. The molecule has 3 heteroatoms. The Morgan fingerprint density at radius 1 is 1.16 bits per heavy atom. The van der Waals surface area contributed by atoms with Gasteiger partial charge in [0.2, 0.25) is 0 Å². The second-order valence-electron chi connectivity index (χ2n) is 5.94. The summed E-state index contributed by atoms with van der Waals surface area (Å²) in [4.78, 5) is 0. The third-order valence-electron chi connectivity index (χ3n) is 3.63. The van der Waals surface area contributed by atoms with Crippen molar-refractivity contribution in [1.29, 1.82) is 0 Å². The lowest BCUT2D eigenvalue weighted by Gasteiger charge is -2.15. The van der Waals surface area contributed by atoms with Crippen molar-refractivity contribution in [3.8, 4) is 5.75 Å². The Bertz CT molecular complexity index is 382. The molecule has 1 aromatic carbocycles. The fourth-order valence-electron chi connectivity index (χ4n) is 2.40. The molecule has 0 aromatic heterocycles. The molecular weight excluding hydrogens is 236 g/mol. The molecule has 1 aliphatic rings. The van der Waals surface area contributed by atoms with Crippen LogP contribution in [0, 0.1) is 5.41 Å². The van der Waals surface area contributed by atoms with Gasteiger partial charge in [-0.25, -0.2) is 0 Å². The first-order chi connectivity index (χ1) is 9.13. The van der Waals surface area contributed by atoms with Crippen LogP contribution in [0.5, 0.6) is 5.75 Å². The van der Waals surface area contributed by atoms with Gasteiger partial charge in [0.1, 0.15) is 5.75 Å². The lowest BCUT2D eigenvalue weighted by molar-refractivity contribution is 0.242. The molecule has 1 aromatic rings. The van der Waals surface area contributed by atoms with Crippen molar-refractivity contribution in [3.05, 3.63) is 29.8 Å². The minimum Gasteiger partial charge on any atom is -0.491 e. The highest BCUT2D eigenvalue weighted by molar-refractivity contribution is 5.27. The van der Waals surface area contributed by atoms with Crippen molar-refractivity contribution in [1.82, 2.24) is 10.6 Å². The number of benzene rings is 1. The second-order valence-corrected chi connectivity index (χ2v) is 5.94. The molecular formula is C16H26N2O. The standard InChI is InChI=1S/C16H26N2O/c1-13(2)19-15-6-4-14(5-7-15)10-18-12-16(8-9-16)11-17-3/h4-7,13,17-18H,8-12H2,1-3H3. The van der Waals surface area contributed by atoms with Crippen LogP contribution in [0.2, 0.25) is 0 Å². The zero-order chi connectivity index (χ0) is 13.7. The summed E-state index contributed by atoms with van der Waals surface area (Å²) in [6.07, 6.45) is 2.93. The van der Waals surface area contributed by atoms with Crippen LogP contribution < -0.4 is 15.4 Å². The Balaban J connectivity index is 1.74. The lowest BCUT2D eigenvalue weighted by Crippen LogP contribution is -2.31. The summed E-state index contributed by atoms with van der Waals surface area (Å²) in [5, 5.41) is 6.86. The van der Waals surface area contributed by atoms with Crippen LogP contribution in [-0.4, -0.2) is 26.2 Å². The molecule has 0 aliphatic heterocycles. The van der Waals surface area contributed by atoms with Gasteiger partial charge in [0.25, 0.3) is 0 Å². The zero-order valence-electron chi connectivity index (χ0n) is 12.3. The number of hydrogen-bond donors (Lipinski definition) is 2. The highest BCUT2D eigenvalue weighted by Gasteiger charge is 2.41. The van der Waals surface area contributed by atoms with Crippen LogP contribution in [0.1, 0.15) is 32.3 Å². The van der Waals surface area contributed by atoms with Crippen LogP contribution in [-0.2, 0) is 6.54 Å². The minimum atomic E-state index is 0.236. The van der Waals surface area contributed by atoms with Gasteiger partial charge in [-0.1, -0.05) is 12.1 Å². The summed E-state index contributed by atoms with van der Waals surface area (Å²) < 4.78 is 5.64. The molecule has 0 unspecified atom stereocenters. The normalized spacial score (nSPS) is 16.6. The average Bonchev–Trinajstić information content (AvgIpc) is 3.11. The molecule has 2 N–H and O–H groups in total. The minimum absolute atomic E-state index is 0.236. The summed E-state index contributed by atoms with van der Waals surface area (Å²) in [6.45, 7) is 7.27. The highest BCUT2D eigenvalue weighted by Crippen LogP contribution is 2.44. The van der Waals surface area contributed by atoms with E-state index in [1.165, 1.54) is 18.4 Å². The smallest absolute Gasteiger partial charge is 0.119 e. The van der Waals surface area contributed by atoms with Crippen molar-refractivity contribution in [2.75, 3.05) is 20.1 Å². The maximum atomic E-state index is 5.64. The third-order valence-corrected chi connectivity index (χ3v) is 3.63. The summed E-state index contributed by atoms with van der Waals surface area (Å²) in [5.74, 6) is 0.951. The molecule has 3 nitrogen and oxygen atoms in total. The van der Waals surface area contributed by atoms with Crippen molar-refractivity contribution in [2.24, 2.45) is 5.41 Å². The Morgan fingerprint density at radius 2 is 1.84 bits per heavy atom. The SMILES string of the molecule is CNCC1(CNCc2ccc(OC(C)C)cc2)CC1. The molecule has 0 amide bonds. The third kappa shape index (κ3) is 4.51. The average molecular weight is 262 g/mol. The fraction of sp³-hybridized carbons (Fsp3) is 0.625. The Labute approximate surface area is 116 Å². The van der Waals surface area contributed by atoms with E-state index in [4.69, 9.17) is 4.74 Å². The van der Waals surface area contributed by atoms with E-state index < -0.39 is 0 Å². The summed E-state index contributed by atoms with van der Waals surface area (Å²) in [7, 11) is 2.04. The molecule has 0 radical (unpaired) electrons. The molecule has 0 saturated heterocycles. The number of nitrogens with one attached hydrogen (secondary N) is 2. The van der Waals surface area contributed by atoms with Crippen molar-refractivity contribution in [2.45, 2.75) is 39.3 Å². The number of rotatable bonds is 8. The molecule has 0 bridgehead atoms. The van der Waals surface area contributed by atoms with E-state index in [2.05, 4.69) is 34.9 Å². The van der Waals surface area contributed by atoms with E-state index in [-0.39, 0.29) is 6.10 Å². The van der Waals surface area contributed by atoms with E-state index in [0.29, 0.717) is 5.41 Å². The van der Waals surface area contributed by atoms with E-state index in [1.54, 1.807) is 0 Å². The zero-order valence-corrected chi connectivity index (χ0v) is 12.3. The van der Waals surface area contributed by atoms with E-state index in [9.17, 15) is 0 Å². The summed E-state index contributed by atoms with van der Waals surface area (Å²) >= 11 is 0. The fourth-order valence-corrected chi connectivity index (χ4v) is 2.40. The molecule has 106 valence electrons. The van der Waals surface area contributed by atoms with Gasteiger partial charge < -0.3 is 15.4 Å². The van der Waals surface area contributed by atoms with Gasteiger partial charge in [-0.3, -0.25) is 0 Å². The first kappa shape index (κ1) is 14.4. The quantitative estimate of drug-likeness (QED) is 0.755. The molecule has 1 aliphatic carbocycles. The molecule has 2 rings (SSSR count). The van der Waals surface area contributed by atoms with Crippen molar-refractivity contribution in [3.63, 3.8) is 0 Å². The van der Waals surface area contributed by atoms with Gasteiger partial charge in [-0.15, -0.1) is 0 Å². The van der Waals surface area contributed by atoms with Crippen LogP contribution in [0.3, 0.4) is 0 Å². The molecule has 0 heterocycles. The Hall–Kier alpha value is -1.06. The van der Waals surface area contributed by atoms with Gasteiger partial charge in [0, 0.05) is 19.6 Å². The number of ether oxygens (including phenoxy) is 1. The lowest BCUT2D eigenvalue weighted by atomic mass is 10.1. The molecule has 1 fully saturated rings. The Morgan fingerprint density at radius 3 is 2.37 bits per heavy atom. The van der Waals surface area contributed by atoms with E-state index in [0.717, 1.165) is 25.4 Å². The molecule has 1 saturated carbocycles. The maximum Gasteiger partial charge on any atom is 0.119 e. The van der Waals surface area contributed by atoms with Crippen LogP contribution in [0.25, 0.3) is 0 Å². The Kier molecular flexibility index (Phi) is 4.83. The van der Waals surface area contributed by atoms with Gasteiger partial charge in [-0.05, 0) is 56.8 Å². The molecule has 0 atom stereocenters. The summed E-state index contributed by atoms with van der Waals surface area (Å²) in [6, 6.07) is 8.39. The molecule has 19 heavy (non-hydrogen) atoms. The van der Waals surface area contributed by atoms with Crippen LogP contribution in [0.15, 0.2) is 24.3 Å². The van der Waals surface area contributed by atoms with E-state index in [1.807, 2.05) is 20.9 Å². The predicted molar refractivity (Wildman–Crippen MR) is 79.5 cm³/mol. The van der Waals surface area contributed by atoms with Crippen LogP contribution >= 0.6 is 0 Å². The largest absolute Gasteiger partial charge is 0.491 e. The highest BCUT2D eigenvalue weighted by atomic mass is 16.5. The first-order valence-corrected chi connectivity index (χ1v) is 7.24. The van der Waals surface area contributed by atoms with Gasteiger partial charge in [-0.2, -0.15) is 0 Å². The monoisotopic (exact) mass is 262 g/mol. The van der Waals surface area contributed by atoms with Crippen LogP contribution in [0.4, 0.5) is 0 Å². The van der Waals surface area contributed by atoms with Gasteiger partial charge >= 0.3 is 0 Å². The van der Waals surface area contributed by atoms with E-state index >= 15 is 0 Å². The van der Waals surface area contributed by atoms with Crippen molar-refractivity contribution < 1.29 is 4.74 Å². The topological polar surface area (TPSA) is 33.3 Å².